The Morgan fingerprint density at radius 2 is 2.24 bits per heavy atom. The van der Waals surface area contributed by atoms with E-state index in [0.29, 0.717) is 6.54 Å². The first-order chi connectivity index (χ1) is 8.10. The molecule has 1 aromatic rings. The molecule has 17 heavy (non-hydrogen) atoms. The Hall–Kier alpha value is -1.26. The molecule has 2 unspecified atom stereocenters. The highest BCUT2D eigenvalue weighted by molar-refractivity contribution is 5.68. The zero-order valence-electron chi connectivity index (χ0n) is 10.4. The molecule has 0 aromatic heterocycles. The molecule has 3 N–H and O–H groups in total. The largest absolute Gasteiger partial charge is 0.397 e. The lowest BCUT2D eigenvalue weighted by Crippen LogP contribution is -2.48. The highest BCUT2D eigenvalue weighted by Gasteiger charge is 2.25. The molecule has 1 aliphatic heterocycles. The van der Waals surface area contributed by atoms with Gasteiger partial charge in [-0.1, -0.05) is 6.07 Å². The fourth-order valence-electron chi connectivity index (χ4n) is 2.27. The van der Waals surface area contributed by atoms with Gasteiger partial charge in [-0.2, -0.15) is 0 Å². The van der Waals surface area contributed by atoms with Gasteiger partial charge in [-0.3, -0.25) is 0 Å². The highest BCUT2D eigenvalue weighted by atomic mass is 16.5. The number of nitrogens with two attached hydrogens (primary N) is 1. The molecule has 94 valence electrons. The van der Waals surface area contributed by atoms with Crippen LogP contribution in [0.4, 0.5) is 11.4 Å². The zero-order valence-corrected chi connectivity index (χ0v) is 10.4. The molecule has 4 nitrogen and oxygen atoms in total. The number of hydrogen-bond donors (Lipinski definition) is 2. The van der Waals surface area contributed by atoms with Crippen molar-refractivity contribution in [3.05, 3.63) is 23.8 Å². The van der Waals surface area contributed by atoms with E-state index in [0.717, 1.165) is 17.9 Å². The summed E-state index contributed by atoms with van der Waals surface area (Å²) in [6, 6.07) is 6.02. The number of hydrogen-bond acceptors (Lipinski definition) is 4. The maximum atomic E-state index is 9.21. The molecule has 1 heterocycles. The first kappa shape index (κ1) is 12.2. The van der Waals surface area contributed by atoms with Crippen molar-refractivity contribution in [3.8, 4) is 0 Å². The Labute approximate surface area is 102 Å². The topological polar surface area (TPSA) is 58.7 Å². The van der Waals surface area contributed by atoms with Gasteiger partial charge in [0.2, 0.25) is 0 Å². The fourth-order valence-corrected chi connectivity index (χ4v) is 2.27. The summed E-state index contributed by atoms with van der Waals surface area (Å²) in [7, 11) is 0. The highest BCUT2D eigenvalue weighted by Crippen LogP contribution is 2.27. The molecule has 1 saturated heterocycles. The Bertz CT molecular complexity index is 395. The van der Waals surface area contributed by atoms with E-state index in [9.17, 15) is 5.11 Å². The minimum atomic E-state index is -0.126. The molecule has 0 amide bonds. The van der Waals surface area contributed by atoms with Gasteiger partial charge in [0.25, 0.3) is 0 Å². The molecule has 1 aromatic carbocycles. The third kappa shape index (κ3) is 2.70. The lowest BCUT2D eigenvalue weighted by molar-refractivity contribution is -0.0420. The maximum Gasteiger partial charge on any atom is 0.0984 e. The van der Waals surface area contributed by atoms with Crippen molar-refractivity contribution in [2.45, 2.75) is 26.1 Å². The van der Waals surface area contributed by atoms with Gasteiger partial charge in [-0.15, -0.1) is 0 Å². The van der Waals surface area contributed by atoms with E-state index in [1.807, 2.05) is 19.1 Å². The molecule has 0 aliphatic carbocycles. The summed E-state index contributed by atoms with van der Waals surface area (Å²) in [4.78, 5) is 2.19. The SMILES string of the molecule is Cc1ccc(N)c(N2CC(C)OC(CO)C2)c1. The van der Waals surface area contributed by atoms with Crippen LogP contribution >= 0.6 is 0 Å². The average molecular weight is 236 g/mol. The van der Waals surface area contributed by atoms with Gasteiger partial charge in [0, 0.05) is 13.1 Å². The summed E-state index contributed by atoms with van der Waals surface area (Å²) in [6.45, 7) is 5.61. The third-order valence-corrected chi connectivity index (χ3v) is 3.06. The molecule has 2 atom stereocenters. The molecule has 0 saturated carbocycles. The molecule has 2 rings (SSSR count). The van der Waals surface area contributed by atoms with Gasteiger partial charge in [-0.05, 0) is 31.5 Å². The standard InChI is InChI=1S/C13H20N2O2/c1-9-3-4-12(14)13(5-9)15-6-10(2)17-11(7-15)8-16/h3-5,10-11,16H,6-8,14H2,1-2H3. The van der Waals surface area contributed by atoms with Crippen molar-refractivity contribution in [1.29, 1.82) is 0 Å². The summed E-state index contributed by atoms with van der Waals surface area (Å²) in [5.74, 6) is 0. The normalized spacial score (nSPS) is 25.0. The molecular weight excluding hydrogens is 216 g/mol. The van der Waals surface area contributed by atoms with Crippen LogP contribution in [0.15, 0.2) is 18.2 Å². The summed E-state index contributed by atoms with van der Waals surface area (Å²) >= 11 is 0. The second kappa shape index (κ2) is 4.94. The molecule has 0 radical (unpaired) electrons. The van der Waals surface area contributed by atoms with E-state index in [1.165, 1.54) is 5.56 Å². The number of morpholine rings is 1. The van der Waals surface area contributed by atoms with Crippen LogP contribution in [0.5, 0.6) is 0 Å². The van der Waals surface area contributed by atoms with Crippen molar-refractivity contribution in [2.24, 2.45) is 0 Å². The number of benzene rings is 1. The second-order valence-electron chi connectivity index (χ2n) is 4.72. The van der Waals surface area contributed by atoms with E-state index < -0.39 is 0 Å². The second-order valence-corrected chi connectivity index (χ2v) is 4.72. The summed E-state index contributed by atoms with van der Waals surface area (Å²) in [6.07, 6.45) is -0.0144. The maximum absolute atomic E-state index is 9.21. The van der Waals surface area contributed by atoms with E-state index in [-0.39, 0.29) is 18.8 Å². The van der Waals surface area contributed by atoms with Crippen LogP contribution in [0.25, 0.3) is 0 Å². The van der Waals surface area contributed by atoms with E-state index in [2.05, 4.69) is 17.9 Å². The number of nitrogens with zero attached hydrogens (tertiary/aromatic N) is 1. The van der Waals surface area contributed by atoms with Crippen molar-refractivity contribution >= 4 is 11.4 Å². The lowest BCUT2D eigenvalue weighted by atomic mass is 10.1. The van der Waals surface area contributed by atoms with Crippen LogP contribution < -0.4 is 10.6 Å². The Kier molecular flexibility index (Phi) is 3.54. The van der Waals surface area contributed by atoms with Crippen molar-refractivity contribution in [2.75, 3.05) is 30.3 Å². The number of nitrogen functional groups attached to an aromatic ring is 1. The first-order valence-electron chi connectivity index (χ1n) is 5.97. The van der Waals surface area contributed by atoms with Crippen LogP contribution in [0.3, 0.4) is 0 Å². The number of aryl methyl sites for hydroxylation is 1. The summed E-state index contributed by atoms with van der Waals surface area (Å²) in [5.41, 5.74) is 9.02. The number of aliphatic hydroxyl groups excluding tert-OH is 1. The van der Waals surface area contributed by atoms with Gasteiger partial charge in [0.1, 0.15) is 0 Å². The van der Waals surface area contributed by atoms with Crippen molar-refractivity contribution < 1.29 is 9.84 Å². The fraction of sp³-hybridized carbons (Fsp3) is 0.538. The average Bonchev–Trinajstić information content (AvgIpc) is 2.31. The predicted molar refractivity (Wildman–Crippen MR) is 69.2 cm³/mol. The lowest BCUT2D eigenvalue weighted by Gasteiger charge is -2.38. The van der Waals surface area contributed by atoms with Crippen LogP contribution in [0.1, 0.15) is 12.5 Å². The van der Waals surface area contributed by atoms with Crippen LogP contribution in [-0.2, 0) is 4.74 Å². The number of rotatable bonds is 2. The minimum absolute atomic E-state index is 0.0482. The van der Waals surface area contributed by atoms with E-state index in [1.54, 1.807) is 0 Å². The third-order valence-electron chi connectivity index (χ3n) is 3.06. The number of anilines is 2. The zero-order chi connectivity index (χ0) is 12.4. The van der Waals surface area contributed by atoms with Gasteiger partial charge < -0.3 is 20.5 Å². The molecule has 4 heteroatoms. The van der Waals surface area contributed by atoms with Crippen LogP contribution in [0.2, 0.25) is 0 Å². The molecule has 0 bridgehead atoms. The van der Waals surface area contributed by atoms with Crippen LogP contribution in [0, 0.1) is 6.92 Å². The molecular formula is C13H20N2O2. The van der Waals surface area contributed by atoms with Gasteiger partial charge in [-0.25, -0.2) is 0 Å². The molecule has 1 fully saturated rings. The van der Waals surface area contributed by atoms with E-state index in [4.69, 9.17) is 10.5 Å². The van der Waals surface area contributed by atoms with Gasteiger partial charge >= 0.3 is 0 Å². The number of ether oxygens (including phenoxy) is 1. The van der Waals surface area contributed by atoms with Gasteiger partial charge in [0.15, 0.2) is 0 Å². The minimum Gasteiger partial charge on any atom is -0.397 e. The van der Waals surface area contributed by atoms with Crippen molar-refractivity contribution in [1.82, 2.24) is 0 Å². The smallest absolute Gasteiger partial charge is 0.0984 e. The number of aliphatic hydroxyl groups is 1. The summed E-state index contributed by atoms with van der Waals surface area (Å²) < 4.78 is 5.62. The molecule has 1 aliphatic rings. The Morgan fingerprint density at radius 3 is 2.94 bits per heavy atom. The Morgan fingerprint density at radius 1 is 1.47 bits per heavy atom. The predicted octanol–water partition coefficient (Wildman–Crippen LogP) is 1.16. The quantitative estimate of drug-likeness (QED) is 0.757. The monoisotopic (exact) mass is 236 g/mol. The van der Waals surface area contributed by atoms with Gasteiger partial charge in [0.05, 0.1) is 30.2 Å². The van der Waals surface area contributed by atoms with Crippen LogP contribution in [-0.4, -0.2) is 37.0 Å². The first-order valence-corrected chi connectivity index (χ1v) is 5.97. The van der Waals surface area contributed by atoms with E-state index >= 15 is 0 Å². The van der Waals surface area contributed by atoms with Crippen molar-refractivity contribution in [3.63, 3.8) is 0 Å². The molecule has 0 spiro atoms. The summed E-state index contributed by atoms with van der Waals surface area (Å²) in [5, 5.41) is 9.21. The Balaban J connectivity index is 2.23.